The molecule has 0 bridgehead atoms. The minimum Gasteiger partial charge on any atom is -0.381 e. The Morgan fingerprint density at radius 3 is 2.76 bits per heavy atom. The van der Waals surface area contributed by atoms with Gasteiger partial charge in [-0.3, -0.25) is 0 Å². The van der Waals surface area contributed by atoms with Gasteiger partial charge in [-0.25, -0.2) is 9.97 Å². The van der Waals surface area contributed by atoms with E-state index in [9.17, 15) is 0 Å². The summed E-state index contributed by atoms with van der Waals surface area (Å²) in [5.41, 5.74) is 2.97. The van der Waals surface area contributed by atoms with Gasteiger partial charge in [0.2, 0.25) is 0 Å². The van der Waals surface area contributed by atoms with Crippen molar-refractivity contribution in [3.05, 3.63) is 30.0 Å². The molecule has 0 aliphatic carbocycles. The van der Waals surface area contributed by atoms with E-state index in [0.29, 0.717) is 5.92 Å². The molecule has 2 aromatic rings. The van der Waals surface area contributed by atoms with E-state index in [1.165, 1.54) is 12.8 Å². The Labute approximate surface area is 126 Å². The lowest BCUT2D eigenvalue weighted by Gasteiger charge is -2.34. The van der Waals surface area contributed by atoms with Crippen LogP contribution < -0.4 is 4.90 Å². The van der Waals surface area contributed by atoms with E-state index >= 15 is 0 Å². The first-order chi connectivity index (χ1) is 10.3. The largest absolute Gasteiger partial charge is 0.381 e. The molecule has 3 rings (SSSR count). The lowest BCUT2D eigenvalue weighted by molar-refractivity contribution is 0.104. The highest BCUT2D eigenvalue weighted by Gasteiger charge is 2.22. The average molecular weight is 285 g/mol. The monoisotopic (exact) mass is 285 g/mol. The molecule has 0 saturated carbocycles. The number of benzene rings is 1. The van der Waals surface area contributed by atoms with Gasteiger partial charge in [0.15, 0.2) is 5.82 Å². The van der Waals surface area contributed by atoms with E-state index in [4.69, 9.17) is 14.7 Å². The Morgan fingerprint density at radius 2 is 2.00 bits per heavy atom. The van der Waals surface area contributed by atoms with Gasteiger partial charge in [0.25, 0.3) is 0 Å². The minimum atomic E-state index is 0.603. The molecule has 0 N–H and O–H groups in total. The van der Waals surface area contributed by atoms with Gasteiger partial charge in [-0.15, -0.1) is 0 Å². The molecule has 112 valence electrons. The van der Waals surface area contributed by atoms with Crippen LogP contribution >= 0.6 is 0 Å². The van der Waals surface area contributed by atoms with Crippen LogP contribution in [-0.4, -0.2) is 36.3 Å². The van der Waals surface area contributed by atoms with Crippen LogP contribution in [0.1, 0.15) is 25.5 Å². The van der Waals surface area contributed by atoms with Crippen molar-refractivity contribution in [1.29, 1.82) is 0 Å². The van der Waals surface area contributed by atoms with E-state index in [1.54, 1.807) is 0 Å². The second-order valence-corrected chi connectivity index (χ2v) is 5.74. The molecule has 1 aromatic carbocycles. The first-order valence-corrected chi connectivity index (χ1v) is 7.84. The number of aromatic nitrogens is 2. The number of ether oxygens (including phenoxy) is 1. The number of fused-ring (bicyclic) bond motifs is 1. The van der Waals surface area contributed by atoms with Crippen LogP contribution in [-0.2, 0) is 4.74 Å². The summed E-state index contributed by atoms with van der Waals surface area (Å²) in [6.45, 7) is 7.85. The summed E-state index contributed by atoms with van der Waals surface area (Å²) in [6, 6.07) is 8.08. The fraction of sp³-hybridized carbons (Fsp3) is 0.529. The molecule has 1 unspecified atom stereocenters. The molecule has 1 aliphatic heterocycles. The van der Waals surface area contributed by atoms with Crippen LogP contribution in [0.2, 0.25) is 0 Å². The first-order valence-electron chi connectivity index (χ1n) is 7.84. The summed E-state index contributed by atoms with van der Waals surface area (Å²) >= 11 is 0. The highest BCUT2D eigenvalue weighted by Crippen LogP contribution is 2.25. The third-order valence-electron chi connectivity index (χ3n) is 4.10. The van der Waals surface area contributed by atoms with Gasteiger partial charge in [0.1, 0.15) is 0 Å². The molecule has 1 atom stereocenters. The number of nitrogens with zero attached hydrogens (tertiary/aromatic N) is 3. The smallest absolute Gasteiger partial charge is 0.150 e. The molecule has 1 fully saturated rings. The van der Waals surface area contributed by atoms with E-state index in [1.807, 2.05) is 24.3 Å². The second-order valence-electron chi connectivity index (χ2n) is 5.74. The van der Waals surface area contributed by atoms with Crippen molar-refractivity contribution in [2.45, 2.75) is 26.7 Å². The van der Waals surface area contributed by atoms with Crippen LogP contribution in [0.3, 0.4) is 0 Å². The van der Waals surface area contributed by atoms with E-state index in [0.717, 1.165) is 48.8 Å². The van der Waals surface area contributed by atoms with Crippen molar-refractivity contribution < 1.29 is 4.74 Å². The summed E-state index contributed by atoms with van der Waals surface area (Å²) in [5.74, 6) is 1.64. The quantitative estimate of drug-likeness (QED) is 0.864. The average Bonchev–Trinajstić information content (AvgIpc) is 2.52. The molecule has 4 heteroatoms. The SMILES string of the molecule is CCOCC1CCCN(c2nc3ccccc3nc2C)C1. The zero-order valence-electron chi connectivity index (χ0n) is 12.9. The van der Waals surface area contributed by atoms with Crippen molar-refractivity contribution in [2.24, 2.45) is 5.92 Å². The fourth-order valence-electron chi connectivity index (χ4n) is 3.06. The molecular weight excluding hydrogens is 262 g/mol. The standard InChI is InChI=1S/C17H23N3O/c1-3-21-12-14-7-6-10-20(11-14)17-13(2)18-15-8-4-5-9-16(15)19-17/h4-5,8-9,14H,3,6-7,10-12H2,1-2H3. The topological polar surface area (TPSA) is 38.2 Å². The predicted octanol–water partition coefficient (Wildman–Crippen LogP) is 3.19. The third kappa shape index (κ3) is 3.16. The summed E-state index contributed by atoms with van der Waals surface area (Å²) in [7, 11) is 0. The Hall–Kier alpha value is -1.68. The van der Waals surface area contributed by atoms with Gasteiger partial charge in [-0.05, 0) is 44.7 Å². The summed E-state index contributed by atoms with van der Waals surface area (Å²) in [6.07, 6.45) is 2.45. The molecule has 1 aromatic heterocycles. The van der Waals surface area contributed by atoms with Crippen LogP contribution in [0.25, 0.3) is 11.0 Å². The number of aryl methyl sites for hydroxylation is 1. The lowest BCUT2D eigenvalue weighted by atomic mass is 9.99. The van der Waals surface area contributed by atoms with E-state index in [2.05, 4.69) is 18.7 Å². The highest BCUT2D eigenvalue weighted by atomic mass is 16.5. The third-order valence-corrected chi connectivity index (χ3v) is 4.10. The molecule has 1 saturated heterocycles. The Balaban J connectivity index is 1.83. The molecule has 1 aliphatic rings. The van der Waals surface area contributed by atoms with Gasteiger partial charge in [-0.1, -0.05) is 12.1 Å². The van der Waals surface area contributed by atoms with Gasteiger partial charge in [0, 0.05) is 19.7 Å². The molecule has 0 amide bonds. The van der Waals surface area contributed by atoms with Crippen molar-refractivity contribution in [1.82, 2.24) is 9.97 Å². The van der Waals surface area contributed by atoms with Crippen molar-refractivity contribution in [3.63, 3.8) is 0 Å². The summed E-state index contributed by atoms with van der Waals surface area (Å²) in [5, 5.41) is 0. The minimum absolute atomic E-state index is 0.603. The Kier molecular flexibility index (Phi) is 4.34. The van der Waals surface area contributed by atoms with Crippen LogP contribution in [0, 0.1) is 12.8 Å². The molecule has 0 spiro atoms. The molecule has 2 heterocycles. The predicted molar refractivity (Wildman–Crippen MR) is 85.7 cm³/mol. The molecular formula is C17H23N3O. The van der Waals surface area contributed by atoms with Crippen molar-refractivity contribution >= 4 is 16.9 Å². The zero-order valence-corrected chi connectivity index (χ0v) is 12.9. The zero-order chi connectivity index (χ0) is 14.7. The number of piperidine rings is 1. The van der Waals surface area contributed by atoms with Crippen LogP contribution in [0.5, 0.6) is 0 Å². The van der Waals surface area contributed by atoms with Gasteiger partial charge in [0.05, 0.1) is 23.3 Å². The first kappa shape index (κ1) is 14.3. The fourth-order valence-corrected chi connectivity index (χ4v) is 3.06. The van der Waals surface area contributed by atoms with Crippen molar-refractivity contribution in [2.75, 3.05) is 31.2 Å². The normalized spacial score (nSPS) is 19.1. The van der Waals surface area contributed by atoms with Crippen molar-refractivity contribution in [3.8, 4) is 0 Å². The Morgan fingerprint density at radius 1 is 1.24 bits per heavy atom. The number of hydrogen-bond donors (Lipinski definition) is 0. The van der Waals surface area contributed by atoms with Gasteiger partial charge < -0.3 is 9.64 Å². The molecule has 0 radical (unpaired) electrons. The maximum atomic E-state index is 5.59. The molecule has 4 nitrogen and oxygen atoms in total. The number of para-hydroxylation sites is 2. The van der Waals surface area contributed by atoms with Crippen LogP contribution in [0.15, 0.2) is 24.3 Å². The maximum absolute atomic E-state index is 5.59. The summed E-state index contributed by atoms with van der Waals surface area (Å²) < 4.78 is 5.59. The number of anilines is 1. The molecule has 21 heavy (non-hydrogen) atoms. The van der Waals surface area contributed by atoms with Crippen LogP contribution in [0.4, 0.5) is 5.82 Å². The van der Waals surface area contributed by atoms with Gasteiger partial charge >= 0.3 is 0 Å². The maximum Gasteiger partial charge on any atom is 0.150 e. The highest BCUT2D eigenvalue weighted by molar-refractivity contribution is 5.76. The number of hydrogen-bond acceptors (Lipinski definition) is 4. The summed E-state index contributed by atoms with van der Waals surface area (Å²) in [4.78, 5) is 11.9. The lowest BCUT2D eigenvalue weighted by Crippen LogP contribution is -2.38. The Bertz CT molecular complexity index is 614. The van der Waals surface area contributed by atoms with Gasteiger partial charge in [-0.2, -0.15) is 0 Å². The number of rotatable bonds is 4. The van der Waals surface area contributed by atoms with E-state index < -0.39 is 0 Å². The second kappa shape index (κ2) is 6.39. The van der Waals surface area contributed by atoms with E-state index in [-0.39, 0.29) is 0 Å².